The summed E-state index contributed by atoms with van der Waals surface area (Å²) in [6.07, 6.45) is 0. The molecule has 2 aromatic carbocycles. The molecule has 0 N–H and O–H groups in total. The molecule has 2 aromatic rings. The molecular formula is C16H14O4. The summed E-state index contributed by atoms with van der Waals surface area (Å²) >= 11 is 0. The Morgan fingerprint density at radius 1 is 1.05 bits per heavy atom. The molecule has 4 nitrogen and oxygen atoms in total. The molecule has 20 heavy (non-hydrogen) atoms. The van der Waals surface area contributed by atoms with Gasteiger partial charge in [-0.1, -0.05) is 36.9 Å². The van der Waals surface area contributed by atoms with Gasteiger partial charge in [0, 0.05) is 5.57 Å². The zero-order chi connectivity index (χ0) is 14.5. The molecule has 4 heteroatoms. The molecule has 0 saturated carbocycles. The Bertz CT molecular complexity index is 673. The number of ether oxygens (including phenoxy) is 2. The summed E-state index contributed by atoms with van der Waals surface area (Å²) in [4.78, 5) is 22.9. The van der Waals surface area contributed by atoms with Crippen LogP contribution in [0.5, 0.6) is 0 Å². The molecule has 0 radical (unpaired) electrons. The van der Waals surface area contributed by atoms with Crippen molar-refractivity contribution in [3.63, 3.8) is 0 Å². The average Bonchev–Trinajstić information content (AvgIpc) is 2.46. The second kappa shape index (κ2) is 6.02. The van der Waals surface area contributed by atoms with Crippen molar-refractivity contribution in [2.45, 2.75) is 6.92 Å². The fourth-order valence-electron chi connectivity index (χ4n) is 1.66. The van der Waals surface area contributed by atoms with Gasteiger partial charge in [0.1, 0.15) is 0 Å². The lowest BCUT2D eigenvalue weighted by Gasteiger charge is -2.06. The van der Waals surface area contributed by atoms with E-state index in [9.17, 15) is 9.59 Å². The van der Waals surface area contributed by atoms with Crippen LogP contribution in [-0.2, 0) is 14.3 Å². The van der Waals surface area contributed by atoms with Crippen LogP contribution in [0.4, 0.5) is 0 Å². The molecule has 0 aromatic heterocycles. The lowest BCUT2D eigenvalue weighted by molar-refractivity contribution is -0.147. The van der Waals surface area contributed by atoms with Crippen molar-refractivity contribution < 1.29 is 19.1 Å². The zero-order valence-corrected chi connectivity index (χ0v) is 11.1. The molecule has 0 spiro atoms. The average molecular weight is 270 g/mol. The van der Waals surface area contributed by atoms with Gasteiger partial charge in [0.15, 0.2) is 0 Å². The largest absolute Gasteiger partial charge is 0.425 e. The minimum Gasteiger partial charge on any atom is -0.425 e. The van der Waals surface area contributed by atoms with Crippen LogP contribution in [0, 0.1) is 0 Å². The maximum Gasteiger partial charge on any atom is 0.341 e. The first-order chi connectivity index (χ1) is 9.58. The third-order valence-corrected chi connectivity index (χ3v) is 2.71. The molecule has 0 atom stereocenters. The Morgan fingerprint density at radius 2 is 1.75 bits per heavy atom. The topological polar surface area (TPSA) is 52.6 Å². The number of hydrogen-bond donors (Lipinski definition) is 0. The van der Waals surface area contributed by atoms with E-state index in [1.807, 2.05) is 30.3 Å². The van der Waals surface area contributed by atoms with Gasteiger partial charge >= 0.3 is 11.9 Å². The van der Waals surface area contributed by atoms with Crippen molar-refractivity contribution in [1.82, 2.24) is 0 Å². The Balaban J connectivity index is 2.00. The number of esters is 2. The third kappa shape index (κ3) is 3.23. The molecule has 0 aliphatic carbocycles. The molecule has 0 aliphatic rings. The zero-order valence-electron chi connectivity index (χ0n) is 11.1. The van der Waals surface area contributed by atoms with E-state index in [0.717, 1.165) is 10.8 Å². The van der Waals surface area contributed by atoms with Gasteiger partial charge in [-0.15, -0.1) is 0 Å². The fourth-order valence-corrected chi connectivity index (χ4v) is 1.66. The highest BCUT2D eigenvalue weighted by Gasteiger charge is 2.09. The summed E-state index contributed by atoms with van der Waals surface area (Å²) < 4.78 is 9.58. The van der Waals surface area contributed by atoms with E-state index >= 15 is 0 Å². The van der Waals surface area contributed by atoms with E-state index < -0.39 is 18.7 Å². The SMILES string of the molecule is C=C(C)C(=O)OCOC(=O)c1ccc2ccccc2c1. The van der Waals surface area contributed by atoms with Crippen molar-refractivity contribution in [3.8, 4) is 0 Å². The third-order valence-electron chi connectivity index (χ3n) is 2.71. The first-order valence-corrected chi connectivity index (χ1v) is 6.06. The van der Waals surface area contributed by atoms with Gasteiger partial charge in [0.25, 0.3) is 0 Å². The van der Waals surface area contributed by atoms with E-state index in [0.29, 0.717) is 5.56 Å². The van der Waals surface area contributed by atoms with Gasteiger partial charge < -0.3 is 9.47 Å². The van der Waals surface area contributed by atoms with Gasteiger partial charge in [-0.25, -0.2) is 9.59 Å². The van der Waals surface area contributed by atoms with Crippen molar-refractivity contribution in [2.24, 2.45) is 0 Å². The lowest BCUT2D eigenvalue weighted by Crippen LogP contribution is -2.13. The molecule has 2 rings (SSSR count). The van der Waals surface area contributed by atoms with Crippen molar-refractivity contribution in [1.29, 1.82) is 0 Å². The highest BCUT2D eigenvalue weighted by molar-refractivity contribution is 5.95. The highest BCUT2D eigenvalue weighted by Crippen LogP contribution is 2.16. The van der Waals surface area contributed by atoms with Crippen LogP contribution in [0.3, 0.4) is 0 Å². The monoisotopic (exact) mass is 270 g/mol. The molecule has 0 fully saturated rings. The Hall–Kier alpha value is -2.62. The summed E-state index contributed by atoms with van der Waals surface area (Å²) in [5.74, 6) is -1.12. The van der Waals surface area contributed by atoms with Crippen molar-refractivity contribution >= 4 is 22.7 Å². The van der Waals surface area contributed by atoms with Crippen molar-refractivity contribution in [2.75, 3.05) is 6.79 Å². The maximum atomic E-state index is 11.8. The molecule has 0 amide bonds. The van der Waals surface area contributed by atoms with Crippen LogP contribution in [0.2, 0.25) is 0 Å². The van der Waals surface area contributed by atoms with Crippen LogP contribution < -0.4 is 0 Å². The van der Waals surface area contributed by atoms with Gasteiger partial charge in [-0.05, 0) is 29.8 Å². The molecule has 102 valence electrons. The van der Waals surface area contributed by atoms with Gasteiger partial charge in [0.05, 0.1) is 5.56 Å². The summed E-state index contributed by atoms with van der Waals surface area (Å²) in [6, 6.07) is 12.9. The van der Waals surface area contributed by atoms with Gasteiger partial charge in [-0.3, -0.25) is 0 Å². The normalized spacial score (nSPS) is 10.1. The van der Waals surface area contributed by atoms with Crippen LogP contribution in [0.1, 0.15) is 17.3 Å². The van der Waals surface area contributed by atoms with E-state index in [-0.39, 0.29) is 5.57 Å². The van der Waals surface area contributed by atoms with E-state index in [4.69, 9.17) is 9.47 Å². The molecule has 0 unspecified atom stereocenters. The quantitative estimate of drug-likeness (QED) is 0.486. The molecule has 0 aliphatic heterocycles. The maximum absolute atomic E-state index is 11.8. The Labute approximate surface area is 116 Å². The minimum absolute atomic E-state index is 0.256. The summed E-state index contributed by atoms with van der Waals surface area (Å²) in [5, 5.41) is 1.98. The minimum atomic E-state index is -0.587. The van der Waals surface area contributed by atoms with E-state index in [2.05, 4.69) is 6.58 Å². The Morgan fingerprint density at radius 3 is 2.45 bits per heavy atom. The van der Waals surface area contributed by atoms with Gasteiger partial charge in [-0.2, -0.15) is 0 Å². The van der Waals surface area contributed by atoms with Crippen LogP contribution >= 0.6 is 0 Å². The summed E-state index contributed by atoms with van der Waals surface area (Å²) in [6.45, 7) is 4.53. The first-order valence-electron chi connectivity index (χ1n) is 6.06. The standard InChI is InChI=1S/C16H14O4/c1-11(2)15(17)19-10-20-16(18)14-8-7-12-5-3-4-6-13(12)9-14/h3-9H,1,10H2,2H3. The molecule has 0 saturated heterocycles. The number of benzene rings is 2. The lowest BCUT2D eigenvalue weighted by atomic mass is 10.1. The predicted octanol–water partition coefficient (Wildman–Crippen LogP) is 3.07. The number of rotatable bonds is 4. The predicted molar refractivity (Wildman–Crippen MR) is 75.1 cm³/mol. The molecule has 0 heterocycles. The second-order valence-electron chi connectivity index (χ2n) is 4.32. The molecule has 0 bridgehead atoms. The van der Waals surface area contributed by atoms with E-state index in [1.54, 1.807) is 12.1 Å². The van der Waals surface area contributed by atoms with Crippen LogP contribution in [0.25, 0.3) is 10.8 Å². The number of carbonyl (C=O) groups is 2. The fraction of sp³-hybridized carbons (Fsp3) is 0.125. The summed E-state index contributed by atoms with van der Waals surface area (Å²) in [5.41, 5.74) is 0.668. The highest BCUT2D eigenvalue weighted by atomic mass is 16.7. The Kier molecular flexibility index (Phi) is 4.15. The number of fused-ring (bicyclic) bond motifs is 1. The smallest absolute Gasteiger partial charge is 0.341 e. The van der Waals surface area contributed by atoms with Crippen LogP contribution in [-0.4, -0.2) is 18.7 Å². The van der Waals surface area contributed by atoms with Crippen molar-refractivity contribution in [3.05, 3.63) is 60.2 Å². The second-order valence-corrected chi connectivity index (χ2v) is 4.32. The first kappa shape index (κ1) is 13.8. The summed E-state index contributed by atoms with van der Waals surface area (Å²) in [7, 11) is 0. The number of hydrogen-bond acceptors (Lipinski definition) is 4. The molecular weight excluding hydrogens is 256 g/mol. The number of carbonyl (C=O) groups excluding carboxylic acids is 2. The van der Waals surface area contributed by atoms with Gasteiger partial charge in [0.2, 0.25) is 6.79 Å². The van der Waals surface area contributed by atoms with E-state index in [1.165, 1.54) is 6.92 Å². The van der Waals surface area contributed by atoms with Crippen LogP contribution in [0.15, 0.2) is 54.6 Å².